The van der Waals surface area contributed by atoms with Gasteiger partial charge in [-0.15, -0.1) is 0 Å². The summed E-state index contributed by atoms with van der Waals surface area (Å²) in [4.78, 5) is 2.40. The lowest BCUT2D eigenvalue weighted by atomic mass is 10.1. The number of hydrogen-bond donors (Lipinski definition) is 0. The summed E-state index contributed by atoms with van der Waals surface area (Å²) >= 11 is 1.58. The van der Waals surface area contributed by atoms with E-state index in [-0.39, 0.29) is 5.25 Å². The molecule has 3 nitrogen and oxygen atoms in total. The van der Waals surface area contributed by atoms with Crippen molar-refractivity contribution in [1.29, 1.82) is 0 Å². The lowest BCUT2D eigenvalue weighted by molar-refractivity contribution is 0.583. The first-order valence-electron chi connectivity index (χ1n) is 7.26. The Labute approximate surface area is 137 Å². The minimum Gasteiger partial charge on any atom is -0.377 e. The van der Waals surface area contributed by atoms with Crippen molar-refractivity contribution in [2.75, 3.05) is 25.3 Å². The molecule has 2 rings (SSSR count). The minimum absolute atomic E-state index is 0.0479. The molecule has 0 bridgehead atoms. The Morgan fingerprint density at radius 2 is 1.64 bits per heavy atom. The Balaban J connectivity index is 2.76. The number of sulfone groups is 1. The lowest BCUT2D eigenvalue weighted by Crippen LogP contribution is -2.27. The van der Waals surface area contributed by atoms with Gasteiger partial charge in [0.1, 0.15) is 0 Å². The van der Waals surface area contributed by atoms with E-state index in [0.717, 1.165) is 16.5 Å². The van der Waals surface area contributed by atoms with Crippen LogP contribution in [0, 0.1) is 0 Å². The number of fused-ring (bicyclic) bond motifs is 1. The van der Waals surface area contributed by atoms with E-state index in [0.29, 0.717) is 4.90 Å². The third-order valence-electron chi connectivity index (χ3n) is 4.16. The normalized spacial score (nSPS) is 14.8. The fourth-order valence-electron chi connectivity index (χ4n) is 2.54. The molecule has 0 fully saturated rings. The van der Waals surface area contributed by atoms with Gasteiger partial charge in [0.05, 0.1) is 10.1 Å². The summed E-state index contributed by atoms with van der Waals surface area (Å²) in [7, 11) is 0.493. The molecule has 0 amide bonds. The minimum atomic E-state index is -3.38. The lowest BCUT2D eigenvalue weighted by Gasteiger charge is -2.22. The Hall–Kier alpha value is -1.20. The van der Waals surface area contributed by atoms with Crippen LogP contribution in [0.4, 0.5) is 5.69 Å². The van der Waals surface area contributed by atoms with Crippen LogP contribution in [0.15, 0.2) is 41.3 Å². The second kappa shape index (κ2) is 6.50. The van der Waals surface area contributed by atoms with Crippen molar-refractivity contribution in [2.24, 2.45) is 0 Å². The first-order chi connectivity index (χ1) is 10.3. The third-order valence-corrected chi connectivity index (χ3v) is 7.82. The van der Waals surface area contributed by atoms with E-state index in [1.54, 1.807) is 24.8 Å². The van der Waals surface area contributed by atoms with Gasteiger partial charge in [-0.1, -0.05) is 31.2 Å². The molecule has 2 aromatic carbocycles. The summed E-state index contributed by atoms with van der Waals surface area (Å²) in [6, 6.07) is 11.4. The van der Waals surface area contributed by atoms with Crippen LogP contribution >= 0.6 is 11.8 Å². The maximum Gasteiger partial charge on any atom is 0.182 e. The smallest absolute Gasteiger partial charge is 0.182 e. The Morgan fingerprint density at radius 3 is 2.18 bits per heavy atom. The first kappa shape index (κ1) is 17.2. The van der Waals surface area contributed by atoms with Crippen molar-refractivity contribution < 1.29 is 8.42 Å². The molecule has 0 spiro atoms. The van der Waals surface area contributed by atoms with Crippen molar-refractivity contribution >= 4 is 38.1 Å². The molecule has 0 saturated carbocycles. The number of rotatable bonds is 5. The van der Waals surface area contributed by atoms with Crippen LogP contribution in [0.5, 0.6) is 0 Å². The molecule has 0 aliphatic heterocycles. The van der Waals surface area contributed by atoms with E-state index in [2.05, 4.69) is 0 Å². The number of thioether (sulfide) groups is 1. The first-order valence-corrected chi connectivity index (χ1v) is 10.1. The summed E-state index contributed by atoms with van der Waals surface area (Å²) in [6.07, 6.45) is 1.95. The maximum atomic E-state index is 13.1. The quantitative estimate of drug-likeness (QED) is 0.831. The highest BCUT2D eigenvalue weighted by molar-refractivity contribution is 8.00. The summed E-state index contributed by atoms with van der Waals surface area (Å²) in [5.74, 6) is 0. The van der Waals surface area contributed by atoms with E-state index < -0.39 is 15.1 Å². The average Bonchev–Trinajstić information content (AvgIpc) is 2.51. The van der Waals surface area contributed by atoms with Gasteiger partial charge < -0.3 is 4.90 Å². The van der Waals surface area contributed by atoms with Gasteiger partial charge >= 0.3 is 0 Å². The van der Waals surface area contributed by atoms with Crippen LogP contribution < -0.4 is 4.90 Å². The second-order valence-corrected chi connectivity index (χ2v) is 9.21. The number of nitrogens with zero attached hydrogens (tertiary/aromatic N) is 1. The summed E-state index contributed by atoms with van der Waals surface area (Å²) in [5.41, 5.74) is 0.931. The van der Waals surface area contributed by atoms with Crippen molar-refractivity contribution in [3.63, 3.8) is 0 Å². The van der Waals surface area contributed by atoms with Gasteiger partial charge in [0.15, 0.2) is 9.84 Å². The zero-order valence-electron chi connectivity index (χ0n) is 13.7. The molecule has 0 aliphatic carbocycles. The van der Waals surface area contributed by atoms with Crippen molar-refractivity contribution in [3.8, 4) is 0 Å². The zero-order chi connectivity index (χ0) is 16.5. The van der Waals surface area contributed by atoms with E-state index in [1.807, 2.05) is 62.5 Å². The molecule has 0 heterocycles. The van der Waals surface area contributed by atoms with Gasteiger partial charge in [-0.05, 0) is 30.7 Å². The summed E-state index contributed by atoms with van der Waals surface area (Å²) in [5, 5.41) is 1.39. The molecule has 2 atom stereocenters. The molecule has 2 aromatic rings. The number of hydrogen-bond acceptors (Lipinski definition) is 4. The Morgan fingerprint density at radius 1 is 1.05 bits per heavy atom. The topological polar surface area (TPSA) is 37.4 Å². The van der Waals surface area contributed by atoms with Crippen LogP contribution in [-0.4, -0.2) is 39.3 Å². The van der Waals surface area contributed by atoms with E-state index in [1.165, 1.54) is 0 Å². The summed E-state index contributed by atoms with van der Waals surface area (Å²) in [6.45, 7) is 3.76. The predicted octanol–water partition coefficient (Wildman–Crippen LogP) is 3.82. The molecule has 120 valence electrons. The highest BCUT2D eigenvalue weighted by Crippen LogP contribution is 2.34. The maximum absolute atomic E-state index is 13.1. The molecular formula is C17H23NO2S2. The van der Waals surface area contributed by atoms with Crippen LogP contribution in [0.3, 0.4) is 0 Å². The van der Waals surface area contributed by atoms with Crippen molar-refractivity contribution in [1.82, 2.24) is 0 Å². The number of anilines is 1. The van der Waals surface area contributed by atoms with Crippen LogP contribution in [0.2, 0.25) is 0 Å². The van der Waals surface area contributed by atoms with E-state index in [9.17, 15) is 8.42 Å². The fourth-order valence-corrected chi connectivity index (χ4v) is 5.38. The highest BCUT2D eigenvalue weighted by Gasteiger charge is 2.30. The molecule has 22 heavy (non-hydrogen) atoms. The average molecular weight is 338 g/mol. The largest absolute Gasteiger partial charge is 0.377 e. The third kappa shape index (κ3) is 2.97. The van der Waals surface area contributed by atoms with Crippen molar-refractivity contribution in [2.45, 2.75) is 29.2 Å². The van der Waals surface area contributed by atoms with Crippen LogP contribution in [0.25, 0.3) is 10.8 Å². The molecule has 0 N–H and O–H groups in total. The standard InChI is InChI=1S/C17H23NO2S2/c1-12(21-5)13(2)22(19,20)16-11-7-9-14-8-6-10-15(17(14)16)18(3)4/h6-13H,1-5H3. The van der Waals surface area contributed by atoms with Gasteiger partial charge in [-0.25, -0.2) is 8.42 Å². The molecule has 2 unspecified atom stereocenters. The molecular weight excluding hydrogens is 314 g/mol. The molecule has 5 heteroatoms. The van der Waals surface area contributed by atoms with Gasteiger partial charge in [-0.2, -0.15) is 11.8 Å². The van der Waals surface area contributed by atoms with Crippen molar-refractivity contribution in [3.05, 3.63) is 36.4 Å². The van der Waals surface area contributed by atoms with Gasteiger partial charge in [-0.3, -0.25) is 0 Å². The SMILES string of the molecule is CSC(C)C(C)S(=O)(=O)c1cccc2cccc(N(C)C)c12. The van der Waals surface area contributed by atoms with Gasteiger partial charge in [0.25, 0.3) is 0 Å². The molecule has 0 aliphatic rings. The van der Waals surface area contributed by atoms with Gasteiger partial charge in [0, 0.05) is 30.4 Å². The number of benzene rings is 2. The molecule has 0 aromatic heterocycles. The Bertz CT molecular complexity index is 764. The monoisotopic (exact) mass is 337 g/mol. The second-order valence-electron chi connectivity index (χ2n) is 5.72. The summed E-state index contributed by atoms with van der Waals surface area (Å²) < 4.78 is 26.2. The van der Waals surface area contributed by atoms with Crippen LogP contribution in [0.1, 0.15) is 13.8 Å². The predicted molar refractivity (Wildman–Crippen MR) is 97.9 cm³/mol. The zero-order valence-corrected chi connectivity index (χ0v) is 15.3. The fraction of sp³-hybridized carbons (Fsp3) is 0.412. The molecule has 0 saturated heterocycles. The van der Waals surface area contributed by atoms with E-state index >= 15 is 0 Å². The van der Waals surface area contributed by atoms with E-state index in [4.69, 9.17) is 0 Å². The Kier molecular flexibility index (Phi) is 5.07. The molecule has 0 radical (unpaired) electrons. The highest BCUT2D eigenvalue weighted by atomic mass is 32.2. The van der Waals surface area contributed by atoms with Gasteiger partial charge in [0.2, 0.25) is 0 Å². The van der Waals surface area contributed by atoms with Crippen LogP contribution in [-0.2, 0) is 9.84 Å².